The first-order chi connectivity index (χ1) is 11.9. The average molecular weight is 341 g/mol. The second-order valence-corrected chi connectivity index (χ2v) is 6.80. The highest BCUT2D eigenvalue weighted by Gasteiger charge is 2.22. The minimum Gasteiger partial charge on any atom is -0.497 e. The molecule has 5 nitrogen and oxygen atoms in total. The van der Waals surface area contributed by atoms with Crippen LogP contribution in [0.1, 0.15) is 25.0 Å². The van der Waals surface area contributed by atoms with Crippen LogP contribution in [0.2, 0.25) is 0 Å². The molecule has 25 heavy (non-hydrogen) atoms. The molecule has 2 aromatic rings. The zero-order chi connectivity index (χ0) is 18.3. The Morgan fingerprint density at radius 3 is 2.40 bits per heavy atom. The Balaban J connectivity index is 1.84. The van der Waals surface area contributed by atoms with Crippen molar-refractivity contribution >= 4 is 6.03 Å². The summed E-state index contributed by atoms with van der Waals surface area (Å²) in [5.41, 5.74) is 2.18. The minimum absolute atomic E-state index is 0.0596. The number of nitrogens with zero attached hydrogens (tertiary/aromatic N) is 2. The summed E-state index contributed by atoms with van der Waals surface area (Å²) in [5, 5.41) is 3.03. The lowest BCUT2D eigenvalue weighted by Crippen LogP contribution is -2.43. The highest BCUT2D eigenvalue weighted by molar-refractivity contribution is 5.74. The van der Waals surface area contributed by atoms with Crippen LogP contribution in [0.5, 0.6) is 5.75 Å². The van der Waals surface area contributed by atoms with E-state index in [-0.39, 0.29) is 11.4 Å². The van der Waals surface area contributed by atoms with E-state index in [9.17, 15) is 4.79 Å². The molecule has 0 aliphatic rings. The number of ether oxygens (including phenoxy) is 1. The summed E-state index contributed by atoms with van der Waals surface area (Å²) in [5.74, 6) is 0.833. The van der Waals surface area contributed by atoms with E-state index in [2.05, 4.69) is 24.1 Å². The first kappa shape index (κ1) is 18.8. The molecule has 2 amide bonds. The van der Waals surface area contributed by atoms with Gasteiger partial charge in [0.2, 0.25) is 0 Å². The summed E-state index contributed by atoms with van der Waals surface area (Å²) in [4.78, 5) is 18.0. The topological polar surface area (TPSA) is 54.5 Å². The number of pyridine rings is 1. The normalized spacial score (nSPS) is 11.0. The van der Waals surface area contributed by atoms with Crippen LogP contribution in [-0.4, -0.2) is 43.2 Å². The zero-order valence-electron chi connectivity index (χ0n) is 15.5. The molecule has 0 saturated carbocycles. The van der Waals surface area contributed by atoms with Gasteiger partial charge in [-0.05, 0) is 41.8 Å². The molecule has 0 aliphatic heterocycles. The summed E-state index contributed by atoms with van der Waals surface area (Å²) < 4.78 is 5.19. The lowest BCUT2D eigenvalue weighted by atomic mass is 9.84. The van der Waals surface area contributed by atoms with E-state index in [1.165, 1.54) is 5.56 Å². The van der Waals surface area contributed by atoms with Crippen molar-refractivity contribution in [3.8, 4) is 5.75 Å². The van der Waals surface area contributed by atoms with Gasteiger partial charge in [-0.2, -0.15) is 0 Å². The van der Waals surface area contributed by atoms with E-state index in [0.717, 1.165) is 17.7 Å². The molecular formula is C20H27N3O2. The molecule has 1 aromatic heterocycles. The standard InChI is InChI=1S/C20H27N3O2/c1-20(2,17-5-7-18(25-4)8-6-17)15-22-19(24)23(3)14-11-16-9-12-21-13-10-16/h5-10,12-13H,11,14-15H2,1-4H3,(H,22,24). The van der Waals surface area contributed by atoms with E-state index >= 15 is 0 Å². The monoisotopic (exact) mass is 341 g/mol. The van der Waals surface area contributed by atoms with Crippen LogP contribution in [0.3, 0.4) is 0 Å². The summed E-state index contributed by atoms with van der Waals surface area (Å²) >= 11 is 0. The molecule has 0 unspecified atom stereocenters. The van der Waals surface area contributed by atoms with Crippen molar-refractivity contribution in [2.75, 3.05) is 27.2 Å². The van der Waals surface area contributed by atoms with Crippen molar-refractivity contribution in [1.82, 2.24) is 15.2 Å². The largest absolute Gasteiger partial charge is 0.497 e. The molecule has 1 heterocycles. The minimum atomic E-state index is -0.159. The predicted octanol–water partition coefficient (Wildman–Crippen LogP) is 3.25. The Kier molecular flexibility index (Phi) is 6.39. The maximum absolute atomic E-state index is 12.3. The molecule has 0 saturated heterocycles. The Hall–Kier alpha value is -2.56. The van der Waals surface area contributed by atoms with Crippen molar-refractivity contribution in [3.63, 3.8) is 0 Å². The smallest absolute Gasteiger partial charge is 0.317 e. The Bertz CT molecular complexity index is 669. The molecule has 0 bridgehead atoms. The third-order valence-corrected chi connectivity index (χ3v) is 4.38. The van der Waals surface area contributed by atoms with Gasteiger partial charge in [-0.25, -0.2) is 4.79 Å². The molecule has 1 N–H and O–H groups in total. The van der Waals surface area contributed by atoms with Gasteiger partial charge in [0.25, 0.3) is 0 Å². The van der Waals surface area contributed by atoms with Gasteiger partial charge in [0.1, 0.15) is 5.75 Å². The summed E-state index contributed by atoms with van der Waals surface area (Å²) in [6, 6.07) is 11.8. The summed E-state index contributed by atoms with van der Waals surface area (Å²) in [6.45, 7) is 5.47. The van der Waals surface area contributed by atoms with Crippen molar-refractivity contribution in [3.05, 3.63) is 59.9 Å². The highest BCUT2D eigenvalue weighted by Crippen LogP contribution is 2.24. The number of rotatable bonds is 7. The lowest BCUT2D eigenvalue weighted by Gasteiger charge is -2.27. The van der Waals surface area contributed by atoms with Crippen molar-refractivity contribution in [2.45, 2.75) is 25.7 Å². The van der Waals surface area contributed by atoms with Crippen molar-refractivity contribution in [2.24, 2.45) is 0 Å². The van der Waals surface area contributed by atoms with E-state index in [1.54, 1.807) is 24.4 Å². The number of urea groups is 1. The quantitative estimate of drug-likeness (QED) is 0.841. The highest BCUT2D eigenvalue weighted by atomic mass is 16.5. The number of methoxy groups -OCH3 is 1. The number of nitrogens with one attached hydrogen (secondary N) is 1. The fourth-order valence-corrected chi connectivity index (χ4v) is 2.52. The fourth-order valence-electron chi connectivity index (χ4n) is 2.52. The van der Waals surface area contributed by atoms with Crippen LogP contribution in [0, 0.1) is 0 Å². The molecule has 5 heteroatoms. The maximum atomic E-state index is 12.3. The van der Waals surface area contributed by atoms with Gasteiger partial charge in [-0.1, -0.05) is 26.0 Å². The van der Waals surface area contributed by atoms with Gasteiger partial charge >= 0.3 is 6.03 Å². The van der Waals surface area contributed by atoms with Gasteiger partial charge < -0.3 is 15.0 Å². The third-order valence-electron chi connectivity index (χ3n) is 4.38. The Labute approximate surface area is 150 Å². The first-order valence-electron chi connectivity index (χ1n) is 8.45. The second-order valence-electron chi connectivity index (χ2n) is 6.80. The summed E-state index contributed by atoms with van der Waals surface area (Å²) in [7, 11) is 3.47. The lowest BCUT2D eigenvalue weighted by molar-refractivity contribution is 0.207. The predicted molar refractivity (Wildman–Crippen MR) is 100.0 cm³/mol. The summed E-state index contributed by atoms with van der Waals surface area (Å²) in [6.07, 6.45) is 4.36. The van der Waals surface area contributed by atoms with Crippen LogP contribution < -0.4 is 10.1 Å². The molecular weight excluding hydrogens is 314 g/mol. The fraction of sp³-hybridized carbons (Fsp3) is 0.400. The molecule has 0 radical (unpaired) electrons. The van der Waals surface area contributed by atoms with Crippen molar-refractivity contribution in [1.29, 1.82) is 0 Å². The van der Waals surface area contributed by atoms with Gasteiger partial charge in [0.05, 0.1) is 7.11 Å². The molecule has 0 atom stereocenters. The number of aromatic nitrogens is 1. The zero-order valence-corrected chi connectivity index (χ0v) is 15.5. The molecule has 1 aromatic carbocycles. The number of carbonyl (C=O) groups excluding carboxylic acids is 1. The van der Waals surface area contributed by atoms with Crippen LogP contribution >= 0.6 is 0 Å². The average Bonchev–Trinajstić information content (AvgIpc) is 2.65. The number of carbonyl (C=O) groups is 1. The molecule has 0 aliphatic carbocycles. The van der Waals surface area contributed by atoms with Gasteiger partial charge in [-0.15, -0.1) is 0 Å². The first-order valence-corrected chi connectivity index (χ1v) is 8.45. The number of likely N-dealkylation sites (N-methyl/N-ethyl adjacent to an activating group) is 1. The number of hydrogen-bond donors (Lipinski definition) is 1. The molecule has 134 valence electrons. The van der Waals surface area contributed by atoms with Crippen LogP contribution in [0.4, 0.5) is 4.79 Å². The Morgan fingerprint density at radius 2 is 1.80 bits per heavy atom. The van der Waals surface area contributed by atoms with E-state index in [0.29, 0.717) is 13.1 Å². The van der Waals surface area contributed by atoms with Crippen molar-refractivity contribution < 1.29 is 9.53 Å². The van der Waals surface area contributed by atoms with E-state index < -0.39 is 0 Å². The van der Waals surface area contributed by atoms with Gasteiger partial charge in [-0.3, -0.25) is 4.98 Å². The third kappa shape index (κ3) is 5.48. The van der Waals surface area contributed by atoms with Crippen LogP contribution in [0.25, 0.3) is 0 Å². The molecule has 0 spiro atoms. The second kappa shape index (κ2) is 8.51. The van der Waals surface area contributed by atoms with Gasteiger partial charge in [0.15, 0.2) is 0 Å². The van der Waals surface area contributed by atoms with E-state index in [1.807, 2.05) is 43.4 Å². The number of hydrogen-bond acceptors (Lipinski definition) is 3. The number of benzene rings is 1. The maximum Gasteiger partial charge on any atom is 0.317 e. The molecule has 0 fully saturated rings. The SMILES string of the molecule is COc1ccc(C(C)(C)CNC(=O)N(C)CCc2ccncc2)cc1. The number of amides is 2. The Morgan fingerprint density at radius 1 is 1.16 bits per heavy atom. The van der Waals surface area contributed by atoms with E-state index in [4.69, 9.17) is 4.74 Å². The molecule has 2 rings (SSSR count). The van der Waals surface area contributed by atoms with Crippen LogP contribution in [-0.2, 0) is 11.8 Å². The van der Waals surface area contributed by atoms with Gasteiger partial charge in [0, 0.05) is 37.9 Å². The van der Waals surface area contributed by atoms with Crippen LogP contribution in [0.15, 0.2) is 48.8 Å².